The van der Waals surface area contributed by atoms with E-state index in [1.165, 1.54) is 6.07 Å². The van der Waals surface area contributed by atoms with Crippen molar-refractivity contribution in [3.63, 3.8) is 0 Å². The number of hydrogen-bond acceptors (Lipinski definition) is 3. The van der Waals surface area contributed by atoms with Crippen molar-refractivity contribution in [3.05, 3.63) is 34.2 Å². The lowest BCUT2D eigenvalue weighted by Crippen LogP contribution is -2.36. The van der Waals surface area contributed by atoms with E-state index in [1.54, 1.807) is 24.1 Å². The summed E-state index contributed by atoms with van der Waals surface area (Å²) in [5, 5.41) is 0. The molecule has 5 nitrogen and oxygen atoms in total. The summed E-state index contributed by atoms with van der Waals surface area (Å²) in [6.07, 6.45) is 2.07. The second kappa shape index (κ2) is 5.14. The summed E-state index contributed by atoms with van der Waals surface area (Å²) in [7, 11) is 1.61. The highest BCUT2D eigenvalue weighted by Gasteiger charge is 2.32. The number of aromatic amines is 1. The third-order valence-corrected chi connectivity index (χ3v) is 2.78. The Hall–Kier alpha value is -1.62. The van der Waals surface area contributed by atoms with Gasteiger partial charge in [0.05, 0.1) is 6.61 Å². The van der Waals surface area contributed by atoms with E-state index in [4.69, 9.17) is 4.74 Å². The van der Waals surface area contributed by atoms with Gasteiger partial charge in [0.2, 0.25) is 5.56 Å². The molecule has 0 radical (unpaired) electrons. The molecule has 0 atom stereocenters. The van der Waals surface area contributed by atoms with Gasteiger partial charge < -0.3 is 14.6 Å². The molecule has 2 rings (SSSR count). The Morgan fingerprint density at radius 2 is 2.29 bits per heavy atom. The maximum Gasteiger partial charge on any atom is 0.270 e. The van der Waals surface area contributed by atoms with Gasteiger partial charge in [0, 0.05) is 25.8 Å². The van der Waals surface area contributed by atoms with Gasteiger partial charge in [0.25, 0.3) is 5.91 Å². The molecule has 1 heterocycles. The smallest absolute Gasteiger partial charge is 0.270 e. The van der Waals surface area contributed by atoms with Gasteiger partial charge in [-0.05, 0) is 18.9 Å². The number of H-pyrrole nitrogens is 1. The van der Waals surface area contributed by atoms with E-state index < -0.39 is 0 Å². The largest absolute Gasteiger partial charge is 0.383 e. The maximum absolute atomic E-state index is 12.2. The fraction of sp³-hybridized carbons (Fsp3) is 0.500. The summed E-state index contributed by atoms with van der Waals surface area (Å²) in [6, 6.07) is 4.92. The Balaban J connectivity index is 2.12. The van der Waals surface area contributed by atoms with Crippen molar-refractivity contribution in [1.82, 2.24) is 9.88 Å². The van der Waals surface area contributed by atoms with Gasteiger partial charge >= 0.3 is 0 Å². The Kier molecular flexibility index (Phi) is 3.58. The van der Waals surface area contributed by atoms with Crippen molar-refractivity contribution in [2.45, 2.75) is 18.9 Å². The Labute approximate surface area is 99.4 Å². The lowest BCUT2D eigenvalue weighted by molar-refractivity contribution is 0.0674. The number of carbonyl (C=O) groups excluding carboxylic acids is 1. The van der Waals surface area contributed by atoms with Crippen LogP contribution in [-0.2, 0) is 4.74 Å². The van der Waals surface area contributed by atoms with Crippen molar-refractivity contribution < 1.29 is 9.53 Å². The first-order valence-electron chi connectivity index (χ1n) is 5.71. The number of hydrogen-bond donors (Lipinski definition) is 1. The van der Waals surface area contributed by atoms with E-state index in [0.717, 1.165) is 12.8 Å². The van der Waals surface area contributed by atoms with Crippen molar-refractivity contribution in [2.75, 3.05) is 20.3 Å². The van der Waals surface area contributed by atoms with Crippen LogP contribution < -0.4 is 5.56 Å². The maximum atomic E-state index is 12.2. The van der Waals surface area contributed by atoms with E-state index in [2.05, 4.69) is 4.98 Å². The minimum absolute atomic E-state index is 0.123. The summed E-state index contributed by atoms with van der Waals surface area (Å²) in [5.74, 6) is -0.123. The Morgan fingerprint density at radius 3 is 2.88 bits per heavy atom. The molecule has 1 N–H and O–H groups in total. The number of amides is 1. The average molecular weight is 236 g/mol. The highest BCUT2D eigenvalue weighted by Crippen LogP contribution is 2.27. The zero-order chi connectivity index (χ0) is 12.3. The molecular formula is C12H16N2O3. The first-order valence-corrected chi connectivity index (χ1v) is 5.71. The number of nitrogens with one attached hydrogen (secondary N) is 1. The summed E-state index contributed by atoms with van der Waals surface area (Å²) >= 11 is 0. The van der Waals surface area contributed by atoms with Gasteiger partial charge in [0.15, 0.2) is 0 Å². The first-order chi connectivity index (χ1) is 8.22. The van der Waals surface area contributed by atoms with E-state index in [9.17, 15) is 9.59 Å². The third kappa shape index (κ3) is 2.94. The molecule has 17 heavy (non-hydrogen) atoms. The van der Waals surface area contributed by atoms with Crippen LogP contribution in [0.3, 0.4) is 0 Å². The van der Waals surface area contributed by atoms with Gasteiger partial charge in [-0.15, -0.1) is 0 Å². The highest BCUT2D eigenvalue weighted by atomic mass is 16.5. The van der Waals surface area contributed by atoms with Crippen molar-refractivity contribution in [1.29, 1.82) is 0 Å². The average Bonchev–Trinajstić information content (AvgIpc) is 3.14. The minimum atomic E-state index is -0.252. The molecule has 1 aliphatic carbocycles. The number of pyridine rings is 1. The van der Waals surface area contributed by atoms with Crippen LogP contribution in [0.2, 0.25) is 0 Å². The molecule has 1 aliphatic rings. The van der Waals surface area contributed by atoms with Crippen LogP contribution in [0, 0.1) is 0 Å². The van der Waals surface area contributed by atoms with Crippen LogP contribution in [0.4, 0.5) is 0 Å². The van der Waals surface area contributed by atoms with Crippen molar-refractivity contribution in [2.24, 2.45) is 0 Å². The number of rotatable bonds is 5. The van der Waals surface area contributed by atoms with Crippen LogP contribution in [0.25, 0.3) is 0 Å². The molecular weight excluding hydrogens is 220 g/mol. The third-order valence-electron chi connectivity index (χ3n) is 2.78. The topological polar surface area (TPSA) is 62.4 Å². The number of carbonyl (C=O) groups is 1. The van der Waals surface area contributed by atoms with Crippen LogP contribution in [0.1, 0.15) is 23.3 Å². The molecule has 1 fully saturated rings. The second-order valence-electron chi connectivity index (χ2n) is 4.15. The molecule has 0 saturated heterocycles. The minimum Gasteiger partial charge on any atom is -0.383 e. The normalized spacial score (nSPS) is 14.6. The zero-order valence-corrected chi connectivity index (χ0v) is 9.81. The molecule has 1 saturated carbocycles. The van der Waals surface area contributed by atoms with E-state index in [0.29, 0.717) is 24.9 Å². The van der Waals surface area contributed by atoms with Gasteiger partial charge in [-0.2, -0.15) is 0 Å². The number of methoxy groups -OCH3 is 1. The second-order valence-corrected chi connectivity index (χ2v) is 4.15. The van der Waals surface area contributed by atoms with E-state index in [1.807, 2.05) is 0 Å². The molecule has 1 aromatic rings. The standard InChI is InChI=1S/C12H16N2O3/c1-17-8-7-14(9-5-6-9)12(16)10-3-2-4-11(15)13-10/h2-4,9H,5-8H2,1H3,(H,13,15). The van der Waals surface area contributed by atoms with Crippen LogP contribution in [-0.4, -0.2) is 42.1 Å². The van der Waals surface area contributed by atoms with Crippen LogP contribution in [0.5, 0.6) is 0 Å². The van der Waals surface area contributed by atoms with Crippen LogP contribution >= 0.6 is 0 Å². The molecule has 0 unspecified atom stereocenters. The Bertz CT molecular complexity index is 451. The molecule has 92 valence electrons. The summed E-state index contributed by atoms with van der Waals surface area (Å²) in [5.41, 5.74) is 0.0961. The van der Waals surface area contributed by atoms with Gasteiger partial charge in [-0.3, -0.25) is 9.59 Å². The number of nitrogens with zero attached hydrogens (tertiary/aromatic N) is 1. The molecule has 0 bridgehead atoms. The SMILES string of the molecule is COCCN(C(=O)c1cccc(=O)[nH]1)C1CC1. The van der Waals surface area contributed by atoms with Gasteiger partial charge in [-0.25, -0.2) is 0 Å². The zero-order valence-electron chi connectivity index (χ0n) is 9.81. The fourth-order valence-electron chi connectivity index (χ4n) is 1.75. The number of aromatic nitrogens is 1. The van der Waals surface area contributed by atoms with E-state index in [-0.39, 0.29) is 11.5 Å². The highest BCUT2D eigenvalue weighted by molar-refractivity contribution is 5.92. The van der Waals surface area contributed by atoms with Crippen LogP contribution in [0.15, 0.2) is 23.0 Å². The summed E-state index contributed by atoms with van der Waals surface area (Å²) < 4.78 is 4.99. The van der Waals surface area contributed by atoms with Gasteiger partial charge in [0.1, 0.15) is 5.69 Å². The molecule has 0 spiro atoms. The lowest BCUT2D eigenvalue weighted by atomic mass is 10.3. The summed E-state index contributed by atoms with van der Waals surface area (Å²) in [6.45, 7) is 1.08. The molecule has 1 aromatic heterocycles. The Morgan fingerprint density at radius 1 is 1.53 bits per heavy atom. The summed E-state index contributed by atoms with van der Waals surface area (Å²) in [4.78, 5) is 27.7. The fourth-order valence-corrected chi connectivity index (χ4v) is 1.75. The number of ether oxygens (including phenoxy) is 1. The predicted molar refractivity (Wildman–Crippen MR) is 63.0 cm³/mol. The first kappa shape index (κ1) is 11.9. The van der Waals surface area contributed by atoms with Crippen molar-refractivity contribution >= 4 is 5.91 Å². The van der Waals surface area contributed by atoms with Gasteiger partial charge in [-0.1, -0.05) is 6.07 Å². The lowest BCUT2D eigenvalue weighted by Gasteiger charge is -2.21. The molecule has 0 aliphatic heterocycles. The predicted octanol–water partition coefficient (Wildman–Crippen LogP) is 0.626. The molecule has 5 heteroatoms. The quantitative estimate of drug-likeness (QED) is 0.815. The molecule has 1 amide bonds. The van der Waals surface area contributed by atoms with Crippen molar-refractivity contribution in [3.8, 4) is 0 Å². The van der Waals surface area contributed by atoms with E-state index >= 15 is 0 Å². The molecule has 0 aromatic carbocycles. The monoisotopic (exact) mass is 236 g/mol.